The summed E-state index contributed by atoms with van der Waals surface area (Å²) in [4.78, 5) is 0. The number of ether oxygens (including phenoxy) is 2. The molecule has 0 heterocycles. The second-order valence-corrected chi connectivity index (χ2v) is 7.67. The van der Waals surface area contributed by atoms with Crippen LogP contribution in [-0.4, -0.2) is 45.9 Å². The van der Waals surface area contributed by atoms with Gasteiger partial charge in [-0.3, -0.25) is 0 Å². The molecule has 0 aliphatic carbocycles. The predicted molar refractivity (Wildman–Crippen MR) is 110 cm³/mol. The van der Waals surface area contributed by atoms with E-state index in [4.69, 9.17) is 9.47 Å². The van der Waals surface area contributed by atoms with Crippen molar-refractivity contribution >= 4 is 11.4 Å². The van der Waals surface area contributed by atoms with Gasteiger partial charge in [-0.05, 0) is 74.2 Å². The third-order valence-corrected chi connectivity index (χ3v) is 4.18. The van der Waals surface area contributed by atoms with E-state index < -0.39 is 0 Å². The minimum absolute atomic E-state index is 0.761. The van der Waals surface area contributed by atoms with Crippen LogP contribution in [0.15, 0.2) is 58.8 Å². The maximum atomic E-state index is 5.81. The Morgan fingerprint density at radius 2 is 1.22 bits per heavy atom. The van der Waals surface area contributed by atoms with Crippen molar-refractivity contribution in [2.75, 3.05) is 41.4 Å². The zero-order chi connectivity index (χ0) is 19.5. The molecule has 2 rings (SSSR count). The Bertz CT molecular complexity index is 689. The zero-order valence-electron chi connectivity index (χ0n) is 17.0. The number of quaternary nitrogens is 1. The van der Waals surface area contributed by atoms with E-state index in [1.807, 2.05) is 48.5 Å². The highest BCUT2D eigenvalue weighted by Crippen LogP contribution is 2.23. The van der Waals surface area contributed by atoms with Gasteiger partial charge in [0.2, 0.25) is 0 Å². The summed E-state index contributed by atoms with van der Waals surface area (Å²) in [5.41, 5.74) is 1.60. The normalized spacial score (nSPS) is 11.7. The van der Waals surface area contributed by atoms with Gasteiger partial charge in [-0.1, -0.05) is 0 Å². The molecule has 0 aromatic heterocycles. The van der Waals surface area contributed by atoms with Crippen molar-refractivity contribution < 1.29 is 14.0 Å². The van der Waals surface area contributed by atoms with Crippen LogP contribution < -0.4 is 9.47 Å². The lowest BCUT2D eigenvalue weighted by Crippen LogP contribution is -2.35. The van der Waals surface area contributed by atoms with Crippen molar-refractivity contribution in [1.82, 2.24) is 0 Å². The number of rotatable bonds is 11. The minimum Gasteiger partial charge on any atom is -0.497 e. The highest BCUT2D eigenvalue weighted by Gasteiger charge is 2.05. The average Bonchev–Trinajstić information content (AvgIpc) is 2.66. The van der Waals surface area contributed by atoms with Crippen LogP contribution in [0.3, 0.4) is 0 Å². The van der Waals surface area contributed by atoms with Gasteiger partial charge in [-0.15, -0.1) is 0 Å². The molecule has 0 fully saturated rings. The third kappa shape index (κ3) is 8.69. The van der Waals surface area contributed by atoms with Gasteiger partial charge in [0.05, 0.1) is 52.8 Å². The van der Waals surface area contributed by atoms with Crippen molar-refractivity contribution in [3.05, 3.63) is 48.5 Å². The molecule has 27 heavy (non-hydrogen) atoms. The lowest BCUT2D eigenvalue weighted by Gasteiger charge is -2.23. The van der Waals surface area contributed by atoms with Crippen molar-refractivity contribution in [3.63, 3.8) is 0 Å². The minimum atomic E-state index is 0.761. The Hall–Kier alpha value is -2.40. The van der Waals surface area contributed by atoms with Gasteiger partial charge in [-0.2, -0.15) is 10.2 Å². The third-order valence-electron chi connectivity index (χ3n) is 4.18. The van der Waals surface area contributed by atoms with Crippen molar-refractivity contribution in [3.8, 4) is 11.5 Å². The number of hydrogen-bond acceptors (Lipinski definition) is 4. The highest BCUT2D eigenvalue weighted by atomic mass is 16.5. The number of hydrogen-bond donors (Lipinski definition) is 0. The van der Waals surface area contributed by atoms with Gasteiger partial charge >= 0.3 is 0 Å². The summed E-state index contributed by atoms with van der Waals surface area (Å²) >= 11 is 0. The van der Waals surface area contributed by atoms with Crippen LogP contribution in [-0.2, 0) is 0 Å². The molecular weight excluding hydrogens is 338 g/mol. The maximum Gasteiger partial charge on any atom is 0.119 e. The summed E-state index contributed by atoms with van der Waals surface area (Å²) < 4.78 is 12.0. The van der Waals surface area contributed by atoms with E-state index in [1.54, 1.807) is 7.11 Å². The quantitative estimate of drug-likeness (QED) is 0.287. The smallest absolute Gasteiger partial charge is 0.119 e. The SMILES string of the molecule is COc1ccc(N=Nc2ccc(OCCCCCC[N+](C)(C)C)cc2)cc1. The molecule has 5 nitrogen and oxygen atoms in total. The lowest BCUT2D eigenvalue weighted by atomic mass is 10.2. The van der Waals surface area contributed by atoms with E-state index in [-0.39, 0.29) is 0 Å². The Morgan fingerprint density at radius 3 is 1.74 bits per heavy atom. The Labute approximate surface area is 163 Å². The molecule has 0 unspecified atom stereocenters. The summed E-state index contributed by atoms with van der Waals surface area (Å²) in [5.74, 6) is 1.69. The van der Waals surface area contributed by atoms with Crippen LogP contribution in [0.4, 0.5) is 11.4 Å². The van der Waals surface area contributed by atoms with E-state index >= 15 is 0 Å². The summed E-state index contributed by atoms with van der Waals surface area (Å²) in [7, 11) is 8.36. The Kier molecular flexibility index (Phi) is 8.27. The summed E-state index contributed by atoms with van der Waals surface area (Å²) in [6, 6.07) is 15.2. The standard InChI is InChI=1S/C22H32N3O2/c1-25(2,3)17-7-5-6-8-18-27-22-15-11-20(12-16-22)24-23-19-9-13-21(26-4)14-10-19/h9-16H,5-8,17-18H2,1-4H3/q+1. The molecule has 0 N–H and O–H groups in total. The Morgan fingerprint density at radius 1 is 0.704 bits per heavy atom. The molecule has 5 heteroatoms. The molecule has 0 aliphatic rings. The van der Waals surface area contributed by atoms with Crippen LogP contribution >= 0.6 is 0 Å². The molecule has 0 amide bonds. The fourth-order valence-corrected chi connectivity index (χ4v) is 2.61. The molecule has 0 saturated heterocycles. The molecule has 0 saturated carbocycles. The second kappa shape index (κ2) is 10.7. The second-order valence-electron chi connectivity index (χ2n) is 7.67. The van der Waals surface area contributed by atoms with Gasteiger partial charge in [-0.25, -0.2) is 0 Å². The molecule has 2 aromatic carbocycles. The van der Waals surface area contributed by atoms with Gasteiger partial charge < -0.3 is 14.0 Å². The number of azo groups is 1. The maximum absolute atomic E-state index is 5.81. The summed E-state index contributed by atoms with van der Waals surface area (Å²) in [6.07, 6.45) is 4.85. The number of nitrogens with zero attached hydrogens (tertiary/aromatic N) is 3. The Balaban J connectivity index is 1.68. The van der Waals surface area contributed by atoms with E-state index in [1.165, 1.54) is 25.8 Å². The molecule has 0 aliphatic heterocycles. The topological polar surface area (TPSA) is 43.2 Å². The van der Waals surface area contributed by atoms with Crippen molar-refractivity contribution in [2.45, 2.75) is 25.7 Å². The molecule has 0 bridgehead atoms. The summed E-state index contributed by atoms with van der Waals surface area (Å²) in [6.45, 7) is 1.99. The van der Waals surface area contributed by atoms with E-state index in [0.717, 1.165) is 40.4 Å². The largest absolute Gasteiger partial charge is 0.497 e. The first-order valence-electron chi connectivity index (χ1n) is 9.55. The number of unbranched alkanes of at least 4 members (excludes halogenated alkanes) is 3. The van der Waals surface area contributed by atoms with Crippen LogP contribution in [0, 0.1) is 0 Å². The molecule has 0 spiro atoms. The average molecular weight is 371 g/mol. The van der Waals surface area contributed by atoms with Gasteiger partial charge in [0.15, 0.2) is 0 Å². The molecular formula is C22H32N3O2+. The lowest BCUT2D eigenvalue weighted by molar-refractivity contribution is -0.870. The first-order chi connectivity index (χ1) is 13.0. The fraction of sp³-hybridized carbons (Fsp3) is 0.455. The van der Waals surface area contributed by atoms with Gasteiger partial charge in [0.25, 0.3) is 0 Å². The molecule has 0 atom stereocenters. The van der Waals surface area contributed by atoms with E-state index in [0.29, 0.717) is 0 Å². The molecule has 146 valence electrons. The van der Waals surface area contributed by atoms with Gasteiger partial charge in [0, 0.05) is 0 Å². The molecule has 0 radical (unpaired) electrons. The van der Waals surface area contributed by atoms with Gasteiger partial charge in [0.1, 0.15) is 11.5 Å². The van der Waals surface area contributed by atoms with Crippen molar-refractivity contribution in [2.24, 2.45) is 10.2 Å². The molecule has 2 aromatic rings. The van der Waals surface area contributed by atoms with Crippen LogP contribution in [0.2, 0.25) is 0 Å². The van der Waals surface area contributed by atoms with E-state index in [2.05, 4.69) is 31.4 Å². The van der Waals surface area contributed by atoms with E-state index in [9.17, 15) is 0 Å². The number of methoxy groups -OCH3 is 1. The monoisotopic (exact) mass is 370 g/mol. The first kappa shape index (κ1) is 20.9. The van der Waals surface area contributed by atoms with Crippen LogP contribution in [0.5, 0.6) is 11.5 Å². The van der Waals surface area contributed by atoms with Crippen LogP contribution in [0.25, 0.3) is 0 Å². The first-order valence-corrected chi connectivity index (χ1v) is 9.55. The fourth-order valence-electron chi connectivity index (χ4n) is 2.61. The summed E-state index contributed by atoms with van der Waals surface area (Å²) in [5, 5.41) is 8.48. The van der Waals surface area contributed by atoms with Crippen LogP contribution in [0.1, 0.15) is 25.7 Å². The zero-order valence-corrected chi connectivity index (χ0v) is 17.0. The predicted octanol–water partition coefficient (Wildman–Crippen LogP) is 5.76. The van der Waals surface area contributed by atoms with Crippen molar-refractivity contribution in [1.29, 1.82) is 0 Å². The number of benzene rings is 2. The highest BCUT2D eigenvalue weighted by molar-refractivity contribution is 5.44.